The Kier molecular flexibility index (Phi) is 11.4. The molecule has 10 nitrogen and oxygen atoms in total. The lowest BCUT2D eigenvalue weighted by Gasteiger charge is -2.16. The predicted octanol–water partition coefficient (Wildman–Crippen LogP) is 4.00. The van der Waals surface area contributed by atoms with Crippen LogP contribution in [0.2, 0.25) is 0 Å². The summed E-state index contributed by atoms with van der Waals surface area (Å²) < 4.78 is 68.7. The van der Waals surface area contributed by atoms with E-state index in [1.807, 2.05) is 102 Å². The Hall–Kier alpha value is -3.31. The summed E-state index contributed by atoms with van der Waals surface area (Å²) in [4.78, 5) is 17.4. The van der Waals surface area contributed by atoms with E-state index in [4.69, 9.17) is 0 Å². The Morgan fingerprint density at radius 2 is 1.49 bits per heavy atom. The van der Waals surface area contributed by atoms with Crippen molar-refractivity contribution in [2.75, 3.05) is 18.1 Å². The van der Waals surface area contributed by atoms with Crippen molar-refractivity contribution in [1.29, 1.82) is 0 Å². The molecule has 47 heavy (non-hydrogen) atoms. The van der Waals surface area contributed by atoms with E-state index in [0.29, 0.717) is 24.2 Å². The largest absolute Gasteiger partial charge is 0.341 e. The van der Waals surface area contributed by atoms with Crippen molar-refractivity contribution in [3.05, 3.63) is 114 Å². The van der Waals surface area contributed by atoms with Crippen molar-refractivity contribution in [1.82, 2.24) is 9.47 Å². The van der Waals surface area contributed by atoms with Gasteiger partial charge in [0, 0.05) is 30.6 Å². The molecule has 2 N–H and O–H groups in total. The SMILES string of the molecule is CCn1c(=O)/c(=C\C=C2/SC(c3ccccc3)=CN2CCCS(=O)(=O)O)s/c1=C\c1sc(-c2ccccc2)c[n+]1CCCS(=O)(=O)O. The van der Waals surface area contributed by atoms with Crippen molar-refractivity contribution >= 4 is 71.7 Å². The normalized spacial score (nSPS) is 15.6. The van der Waals surface area contributed by atoms with Gasteiger partial charge in [-0.2, -0.15) is 21.4 Å². The van der Waals surface area contributed by atoms with Crippen LogP contribution in [0.25, 0.3) is 27.5 Å². The minimum absolute atomic E-state index is 0.143. The molecule has 248 valence electrons. The van der Waals surface area contributed by atoms with Gasteiger partial charge < -0.3 is 4.90 Å². The van der Waals surface area contributed by atoms with E-state index >= 15 is 0 Å². The quantitative estimate of drug-likeness (QED) is 0.154. The third-order valence-corrected chi connectivity index (χ3v) is 12.1. The molecule has 0 unspecified atom stereocenters. The van der Waals surface area contributed by atoms with Crippen molar-refractivity contribution in [3.63, 3.8) is 0 Å². The molecule has 0 radical (unpaired) electrons. The van der Waals surface area contributed by atoms with Gasteiger partial charge in [0.15, 0.2) is 12.7 Å². The Balaban J connectivity index is 1.51. The van der Waals surface area contributed by atoms with Crippen molar-refractivity contribution in [2.45, 2.75) is 32.9 Å². The van der Waals surface area contributed by atoms with Gasteiger partial charge in [0.1, 0.15) is 9.54 Å². The molecule has 1 aliphatic heterocycles. The number of aromatic nitrogens is 2. The lowest BCUT2D eigenvalue weighted by molar-refractivity contribution is -0.693. The molecule has 1 aliphatic rings. The molecule has 4 aromatic rings. The summed E-state index contributed by atoms with van der Waals surface area (Å²) in [7, 11) is -8.18. The standard InChI is InChI=1S/C32H33N3O7S5/c1-2-35-31(21-30-34(18-10-20-47(40,41)42)23-28(45-30)25-13-7-4-8-14-25)43-26(32(35)36)15-16-29-33(17-9-19-46(37,38)39)22-27(44-29)24-11-5-3-6-12-24/h3-8,11-16,21-23H,2,9-10,17-20H2,1H3,(H-,37,38,39,40,41,42)/p+1/b26-15+,29-16-. The Morgan fingerprint density at radius 1 is 0.851 bits per heavy atom. The highest BCUT2D eigenvalue weighted by Crippen LogP contribution is 2.42. The monoisotopic (exact) mass is 732 g/mol. The first-order chi connectivity index (χ1) is 22.4. The lowest BCUT2D eigenvalue weighted by atomic mass is 10.2. The zero-order chi connectivity index (χ0) is 33.6. The van der Waals surface area contributed by atoms with Crippen LogP contribution in [-0.4, -0.2) is 53.5 Å². The molecule has 15 heteroatoms. The summed E-state index contributed by atoms with van der Waals surface area (Å²) >= 11 is 4.39. The molecule has 0 bridgehead atoms. The molecule has 2 aromatic heterocycles. The molecule has 2 aromatic carbocycles. The van der Waals surface area contributed by atoms with E-state index in [2.05, 4.69) is 0 Å². The van der Waals surface area contributed by atoms with E-state index in [1.165, 1.54) is 34.4 Å². The van der Waals surface area contributed by atoms with E-state index in [-0.39, 0.29) is 29.9 Å². The number of thiazole rings is 2. The number of aryl methyl sites for hydroxylation is 1. The molecule has 3 heterocycles. The summed E-state index contributed by atoms with van der Waals surface area (Å²) in [5, 5.41) is 1.66. The molecule has 0 amide bonds. The number of hydrogen-bond acceptors (Lipinski definition) is 9. The maximum absolute atomic E-state index is 13.5. The number of nitrogens with zero attached hydrogens (tertiary/aromatic N) is 3. The van der Waals surface area contributed by atoms with Crippen LogP contribution in [0.3, 0.4) is 0 Å². The van der Waals surface area contributed by atoms with Crippen LogP contribution in [0.15, 0.2) is 89.0 Å². The van der Waals surface area contributed by atoms with Crippen molar-refractivity contribution in [3.8, 4) is 10.4 Å². The highest BCUT2D eigenvalue weighted by molar-refractivity contribution is 8.12. The first-order valence-corrected chi connectivity index (χ1v) is 20.4. The number of benzene rings is 2. The van der Waals surface area contributed by atoms with Gasteiger partial charge in [-0.15, -0.1) is 11.3 Å². The number of hydrogen-bond donors (Lipinski definition) is 2. The molecule has 5 rings (SSSR count). The van der Waals surface area contributed by atoms with Gasteiger partial charge in [0.05, 0.1) is 27.1 Å². The lowest BCUT2D eigenvalue weighted by Crippen LogP contribution is -2.36. The predicted molar refractivity (Wildman–Crippen MR) is 190 cm³/mol. The Labute approximate surface area is 285 Å². The van der Waals surface area contributed by atoms with Gasteiger partial charge in [0.2, 0.25) is 0 Å². The topological polar surface area (TPSA) is 138 Å². The first-order valence-electron chi connectivity index (χ1n) is 14.7. The van der Waals surface area contributed by atoms with E-state index in [0.717, 1.165) is 35.6 Å². The second-order valence-corrected chi connectivity index (χ2v) is 16.9. The van der Waals surface area contributed by atoms with E-state index < -0.39 is 20.2 Å². The highest BCUT2D eigenvalue weighted by atomic mass is 32.2. The molecular weight excluding hydrogens is 699 g/mol. The highest BCUT2D eigenvalue weighted by Gasteiger charge is 2.21. The summed E-state index contributed by atoms with van der Waals surface area (Å²) in [5.74, 6) is -0.705. The average molecular weight is 733 g/mol. The summed E-state index contributed by atoms with van der Waals surface area (Å²) in [6.07, 6.45) is 9.93. The Morgan fingerprint density at radius 3 is 2.13 bits per heavy atom. The average Bonchev–Trinajstić information content (AvgIpc) is 3.71. The van der Waals surface area contributed by atoms with Gasteiger partial charge in [-0.3, -0.25) is 18.5 Å². The van der Waals surface area contributed by atoms with Crippen molar-refractivity contribution in [2.24, 2.45) is 0 Å². The van der Waals surface area contributed by atoms with E-state index in [1.54, 1.807) is 10.6 Å². The fraction of sp³-hybridized carbons (Fsp3) is 0.250. The van der Waals surface area contributed by atoms with Crippen LogP contribution in [0, 0.1) is 0 Å². The minimum Gasteiger partial charge on any atom is -0.341 e. The second kappa shape index (κ2) is 15.3. The fourth-order valence-electron chi connectivity index (χ4n) is 4.91. The molecule has 0 fully saturated rings. The van der Waals surface area contributed by atoms with Crippen molar-refractivity contribution < 1.29 is 30.5 Å². The maximum Gasteiger partial charge on any atom is 0.269 e. The molecule has 0 saturated carbocycles. The zero-order valence-electron chi connectivity index (χ0n) is 25.4. The number of rotatable bonds is 13. The fourth-order valence-corrected chi connectivity index (χ4v) is 9.17. The minimum atomic E-state index is -4.09. The van der Waals surface area contributed by atoms with Crippen LogP contribution >= 0.6 is 34.4 Å². The molecular formula is C32H34N3O7S5+. The summed E-state index contributed by atoms with van der Waals surface area (Å²) in [5.41, 5.74) is 1.88. The van der Waals surface area contributed by atoms with Gasteiger partial charge in [-0.25, -0.2) is 0 Å². The summed E-state index contributed by atoms with van der Waals surface area (Å²) in [6.45, 7) is 3.08. The van der Waals surface area contributed by atoms with Crippen LogP contribution in [0.4, 0.5) is 0 Å². The number of thioether (sulfide) groups is 1. The van der Waals surface area contributed by atoms with Crippen LogP contribution in [-0.2, 0) is 33.3 Å². The molecule has 0 aliphatic carbocycles. The van der Waals surface area contributed by atoms with Crippen LogP contribution < -0.4 is 19.3 Å². The molecule has 0 saturated heterocycles. The van der Waals surface area contributed by atoms with E-state index in [9.17, 15) is 30.7 Å². The van der Waals surface area contributed by atoms with Gasteiger partial charge in [-0.1, -0.05) is 83.8 Å². The van der Waals surface area contributed by atoms with Gasteiger partial charge in [-0.05, 0) is 36.6 Å². The first kappa shape index (κ1) is 35.0. The molecule has 0 atom stereocenters. The third kappa shape index (κ3) is 9.63. The van der Waals surface area contributed by atoms with Gasteiger partial charge in [0.25, 0.3) is 30.8 Å². The van der Waals surface area contributed by atoms with Crippen LogP contribution in [0.1, 0.15) is 30.3 Å². The summed E-state index contributed by atoms with van der Waals surface area (Å²) in [6, 6.07) is 19.6. The zero-order valence-corrected chi connectivity index (χ0v) is 29.5. The smallest absolute Gasteiger partial charge is 0.269 e. The number of allylic oxidation sites excluding steroid dienone is 1. The Bertz CT molecular complexity index is 2190. The van der Waals surface area contributed by atoms with Crippen LogP contribution in [0.5, 0.6) is 0 Å². The van der Waals surface area contributed by atoms with Gasteiger partial charge >= 0.3 is 0 Å². The third-order valence-electron chi connectivity index (χ3n) is 7.14. The maximum atomic E-state index is 13.5. The molecule has 0 spiro atoms. The second-order valence-electron chi connectivity index (χ2n) is 10.6.